The molecule has 0 heterocycles. The Labute approximate surface area is 131 Å². The van der Waals surface area contributed by atoms with Crippen LogP contribution in [0, 0.1) is 24.7 Å². The molecule has 1 aromatic rings. The molecule has 0 aliphatic heterocycles. The summed E-state index contributed by atoms with van der Waals surface area (Å²) in [6.07, 6.45) is 5.88. The van der Waals surface area contributed by atoms with E-state index in [2.05, 4.69) is 5.32 Å². The summed E-state index contributed by atoms with van der Waals surface area (Å²) < 4.78 is 5.30. The van der Waals surface area contributed by atoms with Crippen molar-refractivity contribution in [1.29, 1.82) is 0 Å². The number of amides is 1. The van der Waals surface area contributed by atoms with Crippen molar-refractivity contribution in [3.63, 3.8) is 0 Å². The minimum absolute atomic E-state index is 0.0903. The number of rotatable bonds is 4. The number of methoxy groups -OCH3 is 1. The summed E-state index contributed by atoms with van der Waals surface area (Å²) in [4.78, 5) is 12.3. The van der Waals surface area contributed by atoms with Crippen LogP contribution in [0.4, 0.5) is 5.69 Å². The Morgan fingerprint density at radius 3 is 2.81 bits per heavy atom. The highest BCUT2D eigenvalue weighted by molar-refractivity contribution is 6.31. The van der Waals surface area contributed by atoms with Crippen molar-refractivity contribution in [1.82, 2.24) is 0 Å². The van der Waals surface area contributed by atoms with E-state index in [9.17, 15) is 4.79 Å². The molecule has 3 nitrogen and oxygen atoms in total. The van der Waals surface area contributed by atoms with Gasteiger partial charge in [-0.05, 0) is 55.6 Å². The van der Waals surface area contributed by atoms with Crippen molar-refractivity contribution in [2.45, 2.75) is 39.0 Å². The van der Waals surface area contributed by atoms with Crippen LogP contribution >= 0.6 is 11.6 Å². The largest absolute Gasteiger partial charge is 0.495 e. The zero-order chi connectivity index (χ0) is 15.0. The lowest BCUT2D eigenvalue weighted by molar-refractivity contribution is -0.117. The second-order valence-corrected chi connectivity index (χ2v) is 6.90. The van der Waals surface area contributed by atoms with Gasteiger partial charge in [-0.25, -0.2) is 0 Å². The Bertz CT molecular complexity index is 558. The molecule has 0 unspecified atom stereocenters. The van der Waals surface area contributed by atoms with E-state index in [-0.39, 0.29) is 5.91 Å². The normalized spacial score (nSPS) is 26.9. The van der Waals surface area contributed by atoms with E-state index in [1.54, 1.807) is 13.2 Å². The molecule has 0 spiro atoms. The summed E-state index contributed by atoms with van der Waals surface area (Å²) in [6.45, 7) is 1.92. The van der Waals surface area contributed by atoms with Crippen LogP contribution in [0.1, 0.15) is 37.7 Å². The number of nitrogens with one attached hydrogen (secondary N) is 1. The third kappa shape index (κ3) is 3.03. The highest BCUT2D eigenvalue weighted by Crippen LogP contribution is 2.49. The van der Waals surface area contributed by atoms with Gasteiger partial charge in [-0.2, -0.15) is 0 Å². The van der Waals surface area contributed by atoms with Crippen LogP contribution < -0.4 is 10.1 Å². The standard InChI is InChI=1S/C17H22ClNO2/c1-10-5-15(16(21-2)9-14(10)18)19-17(20)8-13-7-11-3-4-12(13)6-11/h5,9,11-13H,3-4,6-8H2,1-2H3,(H,19,20)/t11-,12+,13+/m0/s1. The number of anilines is 1. The average Bonchev–Trinajstić information content (AvgIpc) is 3.05. The summed E-state index contributed by atoms with van der Waals surface area (Å²) in [5.74, 6) is 2.93. The smallest absolute Gasteiger partial charge is 0.224 e. The number of fused-ring (bicyclic) bond motifs is 2. The maximum Gasteiger partial charge on any atom is 0.224 e. The fraction of sp³-hybridized carbons (Fsp3) is 0.588. The summed E-state index contributed by atoms with van der Waals surface area (Å²) in [6, 6.07) is 3.63. The zero-order valence-corrected chi connectivity index (χ0v) is 13.4. The minimum atomic E-state index is 0.0903. The lowest BCUT2D eigenvalue weighted by Gasteiger charge is -2.21. The predicted octanol–water partition coefficient (Wildman–Crippen LogP) is 4.42. The summed E-state index contributed by atoms with van der Waals surface area (Å²) >= 11 is 6.09. The fourth-order valence-electron chi connectivity index (χ4n) is 4.00. The quantitative estimate of drug-likeness (QED) is 0.894. The fourth-order valence-corrected chi connectivity index (χ4v) is 4.15. The van der Waals surface area contributed by atoms with Crippen molar-refractivity contribution in [2.24, 2.45) is 17.8 Å². The molecule has 0 radical (unpaired) electrons. The van der Waals surface area contributed by atoms with E-state index in [0.717, 1.165) is 17.4 Å². The van der Waals surface area contributed by atoms with Gasteiger partial charge in [-0.1, -0.05) is 18.0 Å². The van der Waals surface area contributed by atoms with Crippen LogP contribution in [0.3, 0.4) is 0 Å². The van der Waals surface area contributed by atoms with Gasteiger partial charge >= 0.3 is 0 Å². The molecular weight excluding hydrogens is 286 g/mol. The molecule has 2 bridgehead atoms. The van der Waals surface area contributed by atoms with Gasteiger partial charge in [0.1, 0.15) is 5.75 Å². The first-order chi connectivity index (χ1) is 10.1. The number of benzene rings is 1. The van der Waals surface area contributed by atoms with Crippen LogP contribution in [0.15, 0.2) is 12.1 Å². The van der Waals surface area contributed by atoms with Crippen LogP contribution in [0.25, 0.3) is 0 Å². The maximum atomic E-state index is 12.3. The molecular formula is C17H22ClNO2. The molecule has 2 aliphatic rings. The van der Waals surface area contributed by atoms with Crippen LogP contribution in [-0.2, 0) is 4.79 Å². The van der Waals surface area contributed by atoms with Gasteiger partial charge in [0.05, 0.1) is 12.8 Å². The maximum absolute atomic E-state index is 12.3. The Kier molecular flexibility index (Phi) is 4.12. The first-order valence-electron chi connectivity index (χ1n) is 7.70. The monoisotopic (exact) mass is 307 g/mol. The molecule has 2 saturated carbocycles. The third-order valence-corrected chi connectivity index (χ3v) is 5.49. The second kappa shape index (κ2) is 5.88. The van der Waals surface area contributed by atoms with Gasteiger partial charge in [-0.3, -0.25) is 4.79 Å². The van der Waals surface area contributed by atoms with Gasteiger partial charge in [0.25, 0.3) is 0 Å². The molecule has 1 N–H and O–H groups in total. The number of hydrogen-bond donors (Lipinski definition) is 1. The molecule has 0 aromatic heterocycles. The predicted molar refractivity (Wildman–Crippen MR) is 84.9 cm³/mol. The molecule has 2 fully saturated rings. The Hall–Kier alpha value is -1.22. The Balaban J connectivity index is 1.66. The second-order valence-electron chi connectivity index (χ2n) is 6.49. The molecule has 21 heavy (non-hydrogen) atoms. The molecule has 2 aliphatic carbocycles. The van der Waals surface area contributed by atoms with Gasteiger partial charge in [-0.15, -0.1) is 0 Å². The van der Waals surface area contributed by atoms with Gasteiger partial charge in [0.15, 0.2) is 0 Å². The van der Waals surface area contributed by atoms with Crippen LogP contribution in [0.5, 0.6) is 5.75 Å². The lowest BCUT2D eigenvalue weighted by atomic mass is 9.86. The molecule has 3 atom stereocenters. The highest BCUT2D eigenvalue weighted by Gasteiger charge is 2.40. The highest BCUT2D eigenvalue weighted by atomic mass is 35.5. The van der Waals surface area contributed by atoms with E-state index in [1.807, 2.05) is 13.0 Å². The van der Waals surface area contributed by atoms with E-state index in [1.165, 1.54) is 25.7 Å². The Morgan fingerprint density at radius 2 is 2.19 bits per heavy atom. The van der Waals surface area contributed by atoms with Crippen molar-refractivity contribution < 1.29 is 9.53 Å². The van der Waals surface area contributed by atoms with Crippen LogP contribution in [0.2, 0.25) is 5.02 Å². The molecule has 4 heteroatoms. The SMILES string of the molecule is COc1cc(Cl)c(C)cc1NC(=O)C[C@H]1C[C@H]2CC[C@@H]1C2. The number of aryl methyl sites for hydroxylation is 1. The summed E-state index contributed by atoms with van der Waals surface area (Å²) in [5.41, 5.74) is 1.65. The molecule has 0 saturated heterocycles. The lowest BCUT2D eigenvalue weighted by Crippen LogP contribution is -2.20. The van der Waals surface area contributed by atoms with Crippen molar-refractivity contribution in [3.8, 4) is 5.75 Å². The number of halogens is 1. The molecule has 1 amide bonds. The summed E-state index contributed by atoms with van der Waals surface area (Å²) in [5, 5.41) is 3.64. The first kappa shape index (κ1) is 14.7. The minimum Gasteiger partial charge on any atom is -0.495 e. The van der Waals surface area contributed by atoms with Gasteiger partial charge in [0, 0.05) is 17.5 Å². The van der Waals surface area contributed by atoms with Gasteiger partial charge < -0.3 is 10.1 Å². The first-order valence-corrected chi connectivity index (χ1v) is 8.08. The van der Waals surface area contributed by atoms with E-state index in [0.29, 0.717) is 28.8 Å². The van der Waals surface area contributed by atoms with Crippen molar-refractivity contribution in [2.75, 3.05) is 12.4 Å². The van der Waals surface area contributed by atoms with E-state index in [4.69, 9.17) is 16.3 Å². The zero-order valence-electron chi connectivity index (χ0n) is 12.6. The Morgan fingerprint density at radius 1 is 1.38 bits per heavy atom. The molecule has 114 valence electrons. The van der Waals surface area contributed by atoms with E-state index < -0.39 is 0 Å². The molecule has 3 rings (SSSR count). The number of carbonyl (C=O) groups excluding carboxylic acids is 1. The van der Waals surface area contributed by atoms with Crippen molar-refractivity contribution >= 4 is 23.2 Å². The number of ether oxygens (including phenoxy) is 1. The van der Waals surface area contributed by atoms with Crippen molar-refractivity contribution in [3.05, 3.63) is 22.7 Å². The number of hydrogen-bond acceptors (Lipinski definition) is 2. The van der Waals surface area contributed by atoms with E-state index >= 15 is 0 Å². The average molecular weight is 308 g/mol. The number of carbonyl (C=O) groups is 1. The topological polar surface area (TPSA) is 38.3 Å². The third-order valence-electron chi connectivity index (χ3n) is 5.09. The van der Waals surface area contributed by atoms with Crippen LogP contribution in [-0.4, -0.2) is 13.0 Å². The molecule has 1 aromatic carbocycles. The van der Waals surface area contributed by atoms with Gasteiger partial charge in [0.2, 0.25) is 5.91 Å². The summed E-state index contributed by atoms with van der Waals surface area (Å²) in [7, 11) is 1.59.